The predicted octanol–water partition coefficient (Wildman–Crippen LogP) is 4.90. The van der Waals surface area contributed by atoms with E-state index < -0.39 is 30.2 Å². The summed E-state index contributed by atoms with van der Waals surface area (Å²) in [5.41, 5.74) is 1.45. The van der Waals surface area contributed by atoms with Crippen molar-refractivity contribution >= 4 is 45.3 Å². The summed E-state index contributed by atoms with van der Waals surface area (Å²) >= 11 is 3.36. The molecule has 154 valence electrons. The molecule has 0 aliphatic heterocycles. The van der Waals surface area contributed by atoms with Gasteiger partial charge in [0.1, 0.15) is 5.60 Å². The first kappa shape index (κ1) is 22.4. The van der Waals surface area contributed by atoms with Gasteiger partial charge in [-0.05, 0) is 69.7 Å². The zero-order chi connectivity index (χ0) is 21.6. The number of nitrogens with one attached hydrogen (secondary N) is 2. The molecule has 2 N–H and O–H groups in total. The van der Waals surface area contributed by atoms with Gasteiger partial charge in [-0.1, -0.05) is 22.0 Å². The summed E-state index contributed by atoms with van der Waals surface area (Å²) in [6.07, 6.45) is -0.632. The van der Waals surface area contributed by atoms with Crippen molar-refractivity contribution in [3.8, 4) is 0 Å². The monoisotopic (exact) mass is 462 g/mol. The molecule has 0 spiro atoms. The van der Waals surface area contributed by atoms with Crippen LogP contribution in [0.2, 0.25) is 0 Å². The smallest absolute Gasteiger partial charge is 0.412 e. The van der Waals surface area contributed by atoms with E-state index in [0.717, 1.165) is 10.0 Å². The summed E-state index contributed by atoms with van der Waals surface area (Å²) in [6.45, 7) is 6.68. The number of ether oxygens (including phenoxy) is 2. The summed E-state index contributed by atoms with van der Waals surface area (Å²) in [5, 5.41) is 5.24. The Labute approximate surface area is 177 Å². The van der Waals surface area contributed by atoms with Gasteiger partial charge in [-0.3, -0.25) is 10.1 Å². The van der Waals surface area contributed by atoms with Gasteiger partial charge in [0.05, 0.1) is 5.56 Å². The molecule has 0 atom stereocenters. The first-order valence-corrected chi connectivity index (χ1v) is 9.66. The first-order valence-electron chi connectivity index (χ1n) is 8.87. The third kappa shape index (κ3) is 7.57. The van der Waals surface area contributed by atoms with Crippen LogP contribution in [0.3, 0.4) is 0 Å². The van der Waals surface area contributed by atoms with Crippen LogP contribution >= 0.6 is 15.9 Å². The minimum Gasteiger partial charge on any atom is -0.452 e. The highest BCUT2D eigenvalue weighted by Gasteiger charge is 2.17. The number of aryl methyl sites for hydroxylation is 1. The molecule has 7 nitrogen and oxygen atoms in total. The van der Waals surface area contributed by atoms with Gasteiger partial charge in [-0.15, -0.1) is 0 Å². The third-order valence-electron chi connectivity index (χ3n) is 3.54. The number of esters is 1. The van der Waals surface area contributed by atoms with Crippen molar-refractivity contribution in [2.45, 2.75) is 33.3 Å². The second-order valence-electron chi connectivity index (χ2n) is 7.29. The van der Waals surface area contributed by atoms with E-state index in [1.54, 1.807) is 45.0 Å². The fourth-order valence-corrected chi connectivity index (χ4v) is 2.79. The van der Waals surface area contributed by atoms with E-state index in [1.165, 1.54) is 12.1 Å². The molecular formula is C21H23BrN2O5. The lowest BCUT2D eigenvalue weighted by molar-refractivity contribution is -0.119. The number of benzene rings is 2. The van der Waals surface area contributed by atoms with Crippen LogP contribution in [-0.2, 0) is 14.3 Å². The Bertz CT molecular complexity index is 922. The van der Waals surface area contributed by atoms with E-state index in [4.69, 9.17) is 9.47 Å². The van der Waals surface area contributed by atoms with Crippen molar-refractivity contribution in [3.63, 3.8) is 0 Å². The van der Waals surface area contributed by atoms with Crippen molar-refractivity contribution in [2.75, 3.05) is 17.2 Å². The Morgan fingerprint density at radius 2 is 1.76 bits per heavy atom. The Hall–Kier alpha value is -2.87. The molecule has 0 radical (unpaired) electrons. The molecule has 0 heterocycles. The predicted molar refractivity (Wildman–Crippen MR) is 114 cm³/mol. The van der Waals surface area contributed by atoms with Gasteiger partial charge in [0.2, 0.25) is 0 Å². The molecule has 2 aromatic rings. The van der Waals surface area contributed by atoms with Gasteiger partial charge < -0.3 is 14.8 Å². The van der Waals surface area contributed by atoms with Crippen LogP contribution in [0.1, 0.15) is 36.7 Å². The summed E-state index contributed by atoms with van der Waals surface area (Å²) in [7, 11) is 0. The van der Waals surface area contributed by atoms with Crippen LogP contribution in [0.15, 0.2) is 46.9 Å². The van der Waals surface area contributed by atoms with Crippen molar-refractivity contribution in [3.05, 3.63) is 58.1 Å². The normalized spacial score (nSPS) is 10.8. The van der Waals surface area contributed by atoms with Crippen molar-refractivity contribution < 1.29 is 23.9 Å². The standard InChI is InChI=1S/C21H23BrN2O5/c1-13-10-15(22)8-9-17(13)24-18(25)12-28-19(26)14-6-5-7-16(11-14)23-20(27)29-21(2,3)4/h5-11H,12H2,1-4H3,(H,23,27)(H,24,25). The van der Waals surface area contributed by atoms with E-state index in [2.05, 4.69) is 26.6 Å². The Morgan fingerprint density at radius 3 is 2.41 bits per heavy atom. The van der Waals surface area contributed by atoms with Gasteiger partial charge in [-0.2, -0.15) is 0 Å². The van der Waals surface area contributed by atoms with Gasteiger partial charge in [-0.25, -0.2) is 9.59 Å². The van der Waals surface area contributed by atoms with Crippen molar-refractivity contribution in [2.24, 2.45) is 0 Å². The maximum Gasteiger partial charge on any atom is 0.412 e. The molecule has 0 saturated carbocycles. The molecular weight excluding hydrogens is 440 g/mol. The lowest BCUT2D eigenvalue weighted by Gasteiger charge is -2.19. The Morgan fingerprint density at radius 1 is 1.03 bits per heavy atom. The van der Waals surface area contributed by atoms with E-state index in [9.17, 15) is 14.4 Å². The fourth-order valence-electron chi connectivity index (χ4n) is 2.31. The molecule has 0 aromatic heterocycles. The molecule has 0 aliphatic carbocycles. The molecule has 0 saturated heterocycles. The van der Waals surface area contributed by atoms with Crippen LogP contribution in [0.5, 0.6) is 0 Å². The lowest BCUT2D eigenvalue weighted by atomic mass is 10.2. The van der Waals surface area contributed by atoms with Crippen molar-refractivity contribution in [1.29, 1.82) is 0 Å². The zero-order valence-corrected chi connectivity index (χ0v) is 18.3. The summed E-state index contributed by atoms with van der Waals surface area (Å²) in [4.78, 5) is 36.1. The maximum atomic E-state index is 12.2. The SMILES string of the molecule is Cc1cc(Br)ccc1NC(=O)COC(=O)c1cccc(NC(=O)OC(C)(C)C)c1. The number of hydrogen-bond acceptors (Lipinski definition) is 5. The zero-order valence-electron chi connectivity index (χ0n) is 16.7. The van der Waals surface area contributed by atoms with Gasteiger partial charge in [0.15, 0.2) is 6.61 Å². The van der Waals surface area contributed by atoms with Crippen LogP contribution in [0.25, 0.3) is 0 Å². The highest BCUT2D eigenvalue weighted by atomic mass is 79.9. The fraction of sp³-hybridized carbons (Fsp3) is 0.286. The third-order valence-corrected chi connectivity index (χ3v) is 4.03. The summed E-state index contributed by atoms with van der Waals surface area (Å²) in [6, 6.07) is 11.6. The van der Waals surface area contributed by atoms with Gasteiger partial charge in [0, 0.05) is 15.8 Å². The largest absolute Gasteiger partial charge is 0.452 e. The molecule has 2 amide bonds. The minimum absolute atomic E-state index is 0.200. The second-order valence-corrected chi connectivity index (χ2v) is 8.21. The molecule has 0 aliphatic rings. The van der Waals surface area contributed by atoms with Gasteiger partial charge >= 0.3 is 12.1 Å². The van der Waals surface area contributed by atoms with Crippen LogP contribution in [0, 0.1) is 6.92 Å². The molecule has 2 aromatic carbocycles. The van der Waals surface area contributed by atoms with E-state index in [-0.39, 0.29) is 5.56 Å². The summed E-state index contributed by atoms with van der Waals surface area (Å²) in [5.74, 6) is -1.13. The number of carbonyl (C=O) groups is 3. The summed E-state index contributed by atoms with van der Waals surface area (Å²) < 4.78 is 11.1. The van der Waals surface area contributed by atoms with E-state index in [1.807, 2.05) is 13.0 Å². The maximum absolute atomic E-state index is 12.2. The average Bonchev–Trinajstić information content (AvgIpc) is 2.60. The molecule has 0 fully saturated rings. The van der Waals surface area contributed by atoms with E-state index in [0.29, 0.717) is 11.4 Å². The van der Waals surface area contributed by atoms with Crippen molar-refractivity contribution in [1.82, 2.24) is 0 Å². The lowest BCUT2D eigenvalue weighted by Crippen LogP contribution is -2.27. The number of amides is 2. The number of anilines is 2. The first-order chi connectivity index (χ1) is 13.5. The number of rotatable bonds is 5. The van der Waals surface area contributed by atoms with E-state index >= 15 is 0 Å². The molecule has 8 heteroatoms. The molecule has 29 heavy (non-hydrogen) atoms. The number of hydrogen-bond donors (Lipinski definition) is 2. The number of carbonyl (C=O) groups excluding carboxylic acids is 3. The molecule has 2 rings (SSSR count). The van der Waals surface area contributed by atoms with Crippen LogP contribution < -0.4 is 10.6 Å². The second kappa shape index (κ2) is 9.56. The Balaban J connectivity index is 1.92. The quantitative estimate of drug-likeness (QED) is 0.616. The minimum atomic E-state index is -0.680. The van der Waals surface area contributed by atoms with Gasteiger partial charge in [0.25, 0.3) is 5.91 Å². The topological polar surface area (TPSA) is 93.7 Å². The van der Waals surface area contributed by atoms with Crippen LogP contribution in [-0.4, -0.2) is 30.2 Å². The highest BCUT2D eigenvalue weighted by molar-refractivity contribution is 9.10. The Kier molecular flexibility index (Phi) is 7.39. The van der Waals surface area contributed by atoms with Crippen LogP contribution in [0.4, 0.5) is 16.2 Å². The highest BCUT2D eigenvalue weighted by Crippen LogP contribution is 2.20. The molecule has 0 unspecified atom stereocenters. The average molecular weight is 463 g/mol. The number of halogens is 1. The molecule has 0 bridgehead atoms.